The van der Waals surface area contributed by atoms with Crippen LogP contribution in [0.1, 0.15) is 38.3 Å². The summed E-state index contributed by atoms with van der Waals surface area (Å²) in [6.07, 6.45) is 1.54. The first kappa shape index (κ1) is 16.0. The Kier molecular flexibility index (Phi) is 5.97. The highest BCUT2D eigenvalue weighted by Gasteiger charge is 2.19. The fraction of sp³-hybridized carbons (Fsp3) is 0.375. The van der Waals surface area contributed by atoms with Gasteiger partial charge in [-0.1, -0.05) is 31.2 Å². The van der Waals surface area contributed by atoms with Crippen LogP contribution in [-0.4, -0.2) is 18.2 Å². The molecular weight excluding hydrogens is 256 g/mol. The second kappa shape index (κ2) is 7.48. The van der Waals surface area contributed by atoms with Gasteiger partial charge in [0.2, 0.25) is 0 Å². The summed E-state index contributed by atoms with van der Waals surface area (Å²) in [5, 5.41) is 0. The van der Waals surface area contributed by atoms with Gasteiger partial charge < -0.3 is 9.47 Å². The normalized spacial score (nSPS) is 11.3. The first-order valence-corrected chi connectivity index (χ1v) is 6.54. The van der Waals surface area contributed by atoms with Gasteiger partial charge in [-0.2, -0.15) is 0 Å². The molecule has 0 fully saturated rings. The minimum Gasteiger partial charge on any atom is -0.421 e. The predicted molar refractivity (Wildman–Crippen MR) is 76.8 cm³/mol. The highest BCUT2D eigenvalue weighted by molar-refractivity contribution is 5.69. The molecule has 0 unspecified atom stereocenters. The number of rotatable bonds is 5. The van der Waals surface area contributed by atoms with Crippen LogP contribution < -0.4 is 0 Å². The standard InChI is InChI=1S/C16H20O4/c1-5-14(10-15-9-7-6-8-11(15)2)16(19-12(3)17)20-13(4)18/h6-10,16H,5H2,1-4H3/b14-10+. The monoisotopic (exact) mass is 276 g/mol. The van der Waals surface area contributed by atoms with Gasteiger partial charge in [0.15, 0.2) is 0 Å². The topological polar surface area (TPSA) is 52.6 Å². The molecule has 108 valence electrons. The molecule has 0 N–H and O–H groups in total. The van der Waals surface area contributed by atoms with Crippen molar-refractivity contribution in [2.45, 2.75) is 40.4 Å². The molecule has 0 amide bonds. The van der Waals surface area contributed by atoms with Gasteiger partial charge in [0, 0.05) is 19.4 Å². The van der Waals surface area contributed by atoms with E-state index in [4.69, 9.17) is 9.47 Å². The van der Waals surface area contributed by atoms with Gasteiger partial charge in [-0.15, -0.1) is 0 Å². The van der Waals surface area contributed by atoms with Crippen molar-refractivity contribution in [1.82, 2.24) is 0 Å². The number of ether oxygens (including phenoxy) is 2. The van der Waals surface area contributed by atoms with Crippen molar-refractivity contribution in [3.05, 3.63) is 41.0 Å². The highest BCUT2D eigenvalue weighted by atomic mass is 16.7. The molecule has 0 radical (unpaired) electrons. The van der Waals surface area contributed by atoms with Crippen molar-refractivity contribution in [3.63, 3.8) is 0 Å². The lowest BCUT2D eigenvalue weighted by Crippen LogP contribution is -2.24. The molecule has 0 bridgehead atoms. The summed E-state index contributed by atoms with van der Waals surface area (Å²) in [6.45, 7) is 6.49. The second-order valence-electron chi connectivity index (χ2n) is 4.48. The van der Waals surface area contributed by atoms with E-state index in [1.54, 1.807) is 0 Å². The molecule has 1 aromatic carbocycles. The Balaban J connectivity index is 3.08. The zero-order valence-electron chi connectivity index (χ0n) is 12.3. The molecule has 0 saturated carbocycles. The molecule has 0 aliphatic heterocycles. The van der Waals surface area contributed by atoms with Gasteiger partial charge >= 0.3 is 11.9 Å². The molecule has 0 aliphatic rings. The number of carbonyl (C=O) groups is 2. The molecule has 20 heavy (non-hydrogen) atoms. The van der Waals surface area contributed by atoms with E-state index in [0.29, 0.717) is 6.42 Å². The average Bonchev–Trinajstić information content (AvgIpc) is 2.36. The molecule has 0 spiro atoms. The Morgan fingerprint density at radius 2 is 1.70 bits per heavy atom. The third-order valence-corrected chi connectivity index (χ3v) is 2.79. The van der Waals surface area contributed by atoms with Crippen LogP contribution in [0.2, 0.25) is 0 Å². The molecule has 0 aliphatic carbocycles. The maximum Gasteiger partial charge on any atom is 0.305 e. The lowest BCUT2D eigenvalue weighted by molar-refractivity contribution is -0.178. The average molecular weight is 276 g/mol. The Labute approximate surface area is 119 Å². The molecule has 0 heterocycles. The first-order chi connectivity index (χ1) is 9.43. The first-order valence-electron chi connectivity index (χ1n) is 6.54. The van der Waals surface area contributed by atoms with Crippen molar-refractivity contribution in [1.29, 1.82) is 0 Å². The molecule has 0 atom stereocenters. The summed E-state index contributed by atoms with van der Waals surface area (Å²) < 4.78 is 10.2. The summed E-state index contributed by atoms with van der Waals surface area (Å²) >= 11 is 0. The highest BCUT2D eigenvalue weighted by Crippen LogP contribution is 2.19. The van der Waals surface area contributed by atoms with Crippen molar-refractivity contribution in [2.24, 2.45) is 0 Å². The number of benzene rings is 1. The zero-order chi connectivity index (χ0) is 15.1. The summed E-state index contributed by atoms with van der Waals surface area (Å²) in [6, 6.07) is 7.84. The summed E-state index contributed by atoms with van der Waals surface area (Å²) in [5.41, 5.74) is 2.85. The van der Waals surface area contributed by atoms with Crippen LogP contribution in [-0.2, 0) is 19.1 Å². The van der Waals surface area contributed by atoms with E-state index in [0.717, 1.165) is 16.7 Å². The van der Waals surface area contributed by atoms with Crippen molar-refractivity contribution < 1.29 is 19.1 Å². The van der Waals surface area contributed by atoms with Crippen LogP contribution in [0.25, 0.3) is 6.08 Å². The van der Waals surface area contributed by atoms with Crippen LogP contribution in [0.5, 0.6) is 0 Å². The van der Waals surface area contributed by atoms with Gasteiger partial charge in [0.25, 0.3) is 6.29 Å². The van der Waals surface area contributed by atoms with Crippen LogP contribution in [0.4, 0.5) is 0 Å². The predicted octanol–water partition coefficient (Wildman–Crippen LogP) is 3.24. The van der Waals surface area contributed by atoms with Crippen molar-refractivity contribution >= 4 is 18.0 Å². The van der Waals surface area contributed by atoms with Gasteiger partial charge in [0.05, 0.1) is 0 Å². The molecule has 1 rings (SSSR count). The smallest absolute Gasteiger partial charge is 0.305 e. The fourth-order valence-corrected chi connectivity index (χ4v) is 1.76. The quantitative estimate of drug-likeness (QED) is 0.612. The van der Waals surface area contributed by atoms with E-state index in [2.05, 4.69) is 0 Å². The summed E-state index contributed by atoms with van der Waals surface area (Å²) in [4.78, 5) is 22.3. The van der Waals surface area contributed by atoms with Gasteiger partial charge in [-0.3, -0.25) is 9.59 Å². The van der Waals surface area contributed by atoms with Crippen molar-refractivity contribution in [2.75, 3.05) is 0 Å². The number of hydrogen-bond acceptors (Lipinski definition) is 4. The maximum atomic E-state index is 11.1. The van der Waals surface area contributed by atoms with Crippen LogP contribution in [0, 0.1) is 6.92 Å². The summed E-state index contributed by atoms with van der Waals surface area (Å²) in [7, 11) is 0. The lowest BCUT2D eigenvalue weighted by atomic mass is 10.0. The van der Waals surface area contributed by atoms with Crippen LogP contribution in [0.3, 0.4) is 0 Å². The Morgan fingerprint density at radius 3 is 2.15 bits per heavy atom. The van der Waals surface area contributed by atoms with E-state index in [-0.39, 0.29) is 0 Å². The van der Waals surface area contributed by atoms with Crippen LogP contribution in [0.15, 0.2) is 29.8 Å². The van der Waals surface area contributed by atoms with Gasteiger partial charge in [-0.05, 0) is 30.5 Å². The third kappa shape index (κ3) is 4.88. The van der Waals surface area contributed by atoms with Crippen molar-refractivity contribution in [3.8, 4) is 0 Å². The van der Waals surface area contributed by atoms with E-state index in [1.807, 2.05) is 44.2 Å². The molecule has 1 aromatic rings. The lowest BCUT2D eigenvalue weighted by Gasteiger charge is -2.19. The van der Waals surface area contributed by atoms with E-state index in [9.17, 15) is 9.59 Å². The van der Waals surface area contributed by atoms with Crippen LogP contribution >= 0.6 is 0 Å². The minimum atomic E-state index is -0.963. The Morgan fingerprint density at radius 1 is 1.15 bits per heavy atom. The fourth-order valence-electron chi connectivity index (χ4n) is 1.76. The SMILES string of the molecule is CC/C(=C\c1ccccc1C)C(OC(C)=O)OC(C)=O. The van der Waals surface area contributed by atoms with Gasteiger partial charge in [-0.25, -0.2) is 0 Å². The molecule has 4 nitrogen and oxygen atoms in total. The van der Waals surface area contributed by atoms with E-state index < -0.39 is 18.2 Å². The van der Waals surface area contributed by atoms with E-state index in [1.165, 1.54) is 13.8 Å². The number of aryl methyl sites for hydroxylation is 1. The number of carbonyl (C=O) groups excluding carboxylic acids is 2. The number of esters is 2. The van der Waals surface area contributed by atoms with Gasteiger partial charge in [0.1, 0.15) is 0 Å². The molecular formula is C16H20O4. The minimum absolute atomic E-state index is 0.486. The maximum absolute atomic E-state index is 11.1. The molecule has 0 aromatic heterocycles. The largest absolute Gasteiger partial charge is 0.421 e. The Bertz CT molecular complexity index is 501. The molecule has 4 heteroatoms. The summed E-state index contributed by atoms with van der Waals surface area (Å²) in [5.74, 6) is -0.972. The number of hydrogen-bond donors (Lipinski definition) is 0. The second-order valence-corrected chi connectivity index (χ2v) is 4.48. The zero-order valence-corrected chi connectivity index (χ0v) is 12.3. The molecule has 0 saturated heterocycles. The Hall–Kier alpha value is -2.10. The third-order valence-electron chi connectivity index (χ3n) is 2.79. The van der Waals surface area contributed by atoms with E-state index >= 15 is 0 Å².